The fourth-order valence-electron chi connectivity index (χ4n) is 1.52. The normalized spacial score (nSPS) is 12.8. The summed E-state index contributed by atoms with van der Waals surface area (Å²) in [5.74, 6) is 0. The van der Waals surface area contributed by atoms with Crippen LogP contribution >= 0.6 is 59.1 Å². The summed E-state index contributed by atoms with van der Waals surface area (Å²) in [6, 6.07) is 10.5. The van der Waals surface area contributed by atoms with E-state index in [-0.39, 0.29) is 4.83 Å². The second kappa shape index (κ2) is 5.34. The van der Waals surface area contributed by atoms with Gasteiger partial charge in [-0.1, -0.05) is 44.0 Å². The second-order valence-corrected chi connectivity index (χ2v) is 7.72. The first-order valence-corrected chi connectivity index (χ1v) is 8.05. The minimum atomic E-state index is 0.265. The summed E-state index contributed by atoms with van der Waals surface area (Å²) in [5, 5.41) is 0. The van der Waals surface area contributed by atoms with Crippen LogP contribution in [0.3, 0.4) is 0 Å². The Kier molecular flexibility index (Phi) is 4.27. The molecule has 1 aromatic carbocycles. The summed E-state index contributed by atoms with van der Waals surface area (Å²) in [6.45, 7) is 2.14. The van der Waals surface area contributed by atoms with Crippen molar-refractivity contribution in [3.8, 4) is 0 Å². The Morgan fingerprint density at radius 3 is 2.50 bits per heavy atom. The standard InChI is InChI=1S/C12H9Br3S/c1-7-8(3-2-4-9(7)13)12(15)10-5-6-11(14)16-10/h2-6,12H,1H3. The van der Waals surface area contributed by atoms with Gasteiger partial charge in [-0.05, 0) is 52.2 Å². The van der Waals surface area contributed by atoms with Gasteiger partial charge in [0.05, 0.1) is 8.61 Å². The van der Waals surface area contributed by atoms with Crippen LogP contribution in [-0.4, -0.2) is 0 Å². The molecule has 0 saturated heterocycles. The molecule has 0 bridgehead atoms. The Labute approximate surface area is 124 Å². The van der Waals surface area contributed by atoms with Crippen molar-refractivity contribution in [3.63, 3.8) is 0 Å². The zero-order valence-corrected chi connectivity index (χ0v) is 14.1. The molecule has 2 aromatic rings. The van der Waals surface area contributed by atoms with E-state index in [1.807, 2.05) is 0 Å². The SMILES string of the molecule is Cc1c(Br)cccc1C(Br)c1ccc(Br)s1. The van der Waals surface area contributed by atoms with Crippen molar-refractivity contribution in [1.82, 2.24) is 0 Å². The number of alkyl halides is 1. The molecule has 84 valence electrons. The molecule has 0 fully saturated rings. The molecule has 0 radical (unpaired) electrons. The Balaban J connectivity index is 2.41. The fourth-order valence-corrected chi connectivity index (χ4v) is 4.25. The number of hydrogen-bond donors (Lipinski definition) is 0. The molecule has 1 aromatic heterocycles. The van der Waals surface area contributed by atoms with E-state index in [0.29, 0.717) is 0 Å². The summed E-state index contributed by atoms with van der Waals surface area (Å²) >= 11 is 12.6. The highest BCUT2D eigenvalue weighted by Gasteiger charge is 2.15. The van der Waals surface area contributed by atoms with Crippen molar-refractivity contribution in [2.75, 3.05) is 0 Å². The largest absolute Gasteiger partial charge is 0.132 e. The maximum Gasteiger partial charge on any atom is 0.0741 e. The van der Waals surface area contributed by atoms with Crippen LogP contribution in [0.4, 0.5) is 0 Å². The Bertz CT molecular complexity index is 505. The van der Waals surface area contributed by atoms with Crippen molar-refractivity contribution in [3.05, 3.63) is 54.6 Å². The van der Waals surface area contributed by atoms with Crippen LogP contribution < -0.4 is 0 Å². The molecule has 0 amide bonds. The molecule has 2 rings (SSSR count). The molecular formula is C12H9Br3S. The van der Waals surface area contributed by atoms with E-state index in [4.69, 9.17) is 0 Å². The fraction of sp³-hybridized carbons (Fsp3) is 0.167. The van der Waals surface area contributed by atoms with E-state index in [1.54, 1.807) is 11.3 Å². The first-order valence-electron chi connectivity index (χ1n) is 4.74. The third-order valence-corrected chi connectivity index (χ3v) is 6.26. The molecule has 0 aliphatic heterocycles. The van der Waals surface area contributed by atoms with Gasteiger partial charge in [-0.2, -0.15) is 0 Å². The Morgan fingerprint density at radius 2 is 1.88 bits per heavy atom. The number of thiophene rings is 1. The van der Waals surface area contributed by atoms with E-state index < -0.39 is 0 Å². The molecule has 1 heterocycles. The monoisotopic (exact) mass is 422 g/mol. The first kappa shape index (κ1) is 12.8. The van der Waals surface area contributed by atoms with Gasteiger partial charge in [0.15, 0.2) is 0 Å². The summed E-state index contributed by atoms with van der Waals surface area (Å²) in [7, 11) is 0. The zero-order chi connectivity index (χ0) is 11.7. The van der Waals surface area contributed by atoms with Gasteiger partial charge in [0.25, 0.3) is 0 Å². The van der Waals surface area contributed by atoms with Gasteiger partial charge in [0, 0.05) is 9.35 Å². The topological polar surface area (TPSA) is 0 Å². The lowest BCUT2D eigenvalue weighted by atomic mass is 10.1. The van der Waals surface area contributed by atoms with Gasteiger partial charge in [-0.15, -0.1) is 11.3 Å². The third kappa shape index (κ3) is 2.61. The molecule has 0 aliphatic rings. The molecule has 1 unspecified atom stereocenters. The van der Waals surface area contributed by atoms with E-state index in [9.17, 15) is 0 Å². The van der Waals surface area contributed by atoms with Crippen molar-refractivity contribution < 1.29 is 0 Å². The smallest absolute Gasteiger partial charge is 0.0741 e. The van der Waals surface area contributed by atoms with Gasteiger partial charge in [-0.25, -0.2) is 0 Å². The summed E-state index contributed by atoms with van der Waals surface area (Å²) < 4.78 is 2.32. The van der Waals surface area contributed by atoms with Gasteiger partial charge in [0.2, 0.25) is 0 Å². The lowest BCUT2D eigenvalue weighted by Gasteiger charge is -2.12. The van der Waals surface area contributed by atoms with Crippen molar-refractivity contribution in [2.24, 2.45) is 0 Å². The molecule has 16 heavy (non-hydrogen) atoms. The third-order valence-electron chi connectivity index (χ3n) is 2.43. The van der Waals surface area contributed by atoms with Crippen LogP contribution in [0.2, 0.25) is 0 Å². The van der Waals surface area contributed by atoms with Gasteiger partial charge in [0.1, 0.15) is 0 Å². The van der Waals surface area contributed by atoms with Gasteiger partial charge >= 0.3 is 0 Å². The quantitative estimate of drug-likeness (QED) is 0.513. The van der Waals surface area contributed by atoms with Crippen LogP contribution in [-0.2, 0) is 0 Å². The molecule has 1 atom stereocenters. The van der Waals surface area contributed by atoms with Crippen LogP contribution in [0.5, 0.6) is 0 Å². The Hall–Kier alpha value is 0.360. The summed E-state index contributed by atoms with van der Waals surface area (Å²) in [4.78, 5) is 1.58. The number of hydrogen-bond acceptors (Lipinski definition) is 1. The summed E-state index contributed by atoms with van der Waals surface area (Å²) in [5.41, 5.74) is 2.60. The highest BCUT2D eigenvalue weighted by atomic mass is 79.9. The van der Waals surface area contributed by atoms with Crippen LogP contribution in [0.15, 0.2) is 38.6 Å². The van der Waals surface area contributed by atoms with Crippen molar-refractivity contribution >= 4 is 59.1 Å². The lowest BCUT2D eigenvalue weighted by Crippen LogP contribution is -1.93. The summed E-state index contributed by atoms with van der Waals surface area (Å²) in [6.07, 6.45) is 0. The van der Waals surface area contributed by atoms with Crippen molar-refractivity contribution in [2.45, 2.75) is 11.8 Å². The van der Waals surface area contributed by atoms with E-state index >= 15 is 0 Å². The maximum absolute atomic E-state index is 3.76. The molecule has 0 nitrogen and oxygen atoms in total. The molecule has 0 aliphatic carbocycles. The van der Waals surface area contributed by atoms with Crippen LogP contribution in [0.1, 0.15) is 20.8 Å². The van der Waals surface area contributed by atoms with Gasteiger partial charge < -0.3 is 0 Å². The minimum Gasteiger partial charge on any atom is -0.132 e. The molecule has 0 saturated carbocycles. The maximum atomic E-state index is 3.76. The number of benzene rings is 1. The lowest BCUT2D eigenvalue weighted by molar-refractivity contribution is 1.17. The highest BCUT2D eigenvalue weighted by molar-refractivity contribution is 9.11. The predicted octanol–water partition coefficient (Wildman–Crippen LogP) is 6.07. The number of halogens is 3. The number of rotatable bonds is 2. The average molecular weight is 425 g/mol. The Morgan fingerprint density at radius 1 is 1.12 bits per heavy atom. The first-order chi connectivity index (χ1) is 7.59. The van der Waals surface area contributed by atoms with Crippen LogP contribution in [0, 0.1) is 6.92 Å². The van der Waals surface area contributed by atoms with Crippen molar-refractivity contribution in [1.29, 1.82) is 0 Å². The molecule has 0 N–H and O–H groups in total. The van der Waals surface area contributed by atoms with Crippen LogP contribution in [0.25, 0.3) is 0 Å². The van der Waals surface area contributed by atoms with E-state index in [2.05, 4.69) is 85.0 Å². The van der Waals surface area contributed by atoms with E-state index in [0.717, 1.165) is 4.47 Å². The second-order valence-electron chi connectivity index (χ2n) is 3.46. The minimum absolute atomic E-state index is 0.265. The highest BCUT2D eigenvalue weighted by Crippen LogP contribution is 2.39. The average Bonchev–Trinajstić information content (AvgIpc) is 2.68. The molecule has 0 spiro atoms. The zero-order valence-electron chi connectivity index (χ0n) is 8.51. The molecular weight excluding hydrogens is 416 g/mol. The van der Waals surface area contributed by atoms with E-state index in [1.165, 1.54) is 19.8 Å². The molecule has 4 heteroatoms. The van der Waals surface area contributed by atoms with Gasteiger partial charge in [-0.3, -0.25) is 0 Å². The predicted molar refractivity (Wildman–Crippen MR) is 81.7 cm³/mol.